The van der Waals surface area contributed by atoms with Crippen LogP contribution in [0, 0.1) is 11.8 Å². The first-order chi connectivity index (χ1) is 5.67. The van der Waals surface area contributed by atoms with Gasteiger partial charge in [-0.25, -0.2) is 0 Å². The van der Waals surface area contributed by atoms with Crippen molar-refractivity contribution in [3.63, 3.8) is 0 Å². The normalized spacial score (nSPS) is 56.5. The summed E-state index contributed by atoms with van der Waals surface area (Å²) in [5, 5.41) is 0. The molecule has 1 aliphatic heterocycles. The van der Waals surface area contributed by atoms with Crippen molar-refractivity contribution < 1.29 is 9.31 Å². The fraction of sp³-hybridized carbons (Fsp3) is 1.00. The third-order valence-corrected chi connectivity index (χ3v) is 3.77. The lowest BCUT2D eigenvalue weighted by Gasteiger charge is -2.52. The Bertz CT molecular complexity index is 215. The standard InChI is InChI=1S/C9H15BO2/c1-9-5-6-3-7(4-6)8(9)11-10(2)12-9/h6-8H,3-5H2,1-2H3/t6?,7?,8-,9+/m1/s1. The van der Waals surface area contributed by atoms with E-state index in [1.54, 1.807) is 0 Å². The monoisotopic (exact) mass is 166 g/mol. The fourth-order valence-corrected chi connectivity index (χ4v) is 3.37. The van der Waals surface area contributed by atoms with Crippen molar-refractivity contribution >= 4 is 7.12 Å². The Kier molecular flexibility index (Phi) is 1.28. The molecule has 0 spiro atoms. The molecule has 1 heterocycles. The Morgan fingerprint density at radius 1 is 1.42 bits per heavy atom. The first kappa shape index (κ1) is 7.39. The van der Waals surface area contributed by atoms with E-state index >= 15 is 0 Å². The molecule has 0 aromatic carbocycles. The lowest BCUT2D eigenvalue weighted by Crippen LogP contribution is -2.54. The highest BCUT2D eigenvalue weighted by Gasteiger charge is 2.58. The Morgan fingerprint density at radius 2 is 2.17 bits per heavy atom. The van der Waals surface area contributed by atoms with Gasteiger partial charge in [0, 0.05) is 0 Å². The van der Waals surface area contributed by atoms with E-state index in [1.165, 1.54) is 19.3 Å². The zero-order valence-corrected chi connectivity index (χ0v) is 7.75. The molecule has 4 fully saturated rings. The maximum atomic E-state index is 5.83. The summed E-state index contributed by atoms with van der Waals surface area (Å²) < 4.78 is 11.6. The highest BCUT2D eigenvalue weighted by atomic mass is 16.7. The van der Waals surface area contributed by atoms with Crippen molar-refractivity contribution in [2.45, 2.75) is 44.7 Å². The van der Waals surface area contributed by atoms with E-state index in [1.807, 2.05) is 6.82 Å². The van der Waals surface area contributed by atoms with Crippen LogP contribution >= 0.6 is 0 Å². The van der Waals surface area contributed by atoms with Gasteiger partial charge < -0.3 is 9.31 Å². The molecule has 0 amide bonds. The SMILES string of the molecule is CB1O[C@@H]2C3CC(C3)C[C@]2(C)O1. The molecule has 0 radical (unpaired) electrons. The summed E-state index contributed by atoms with van der Waals surface area (Å²) in [5.41, 5.74) is 0.0608. The second-order valence-electron chi connectivity index (χ2n) is 4.86. The van der Waals surface area contributed by atoms with E-state index in [0.29, 0.717) is 6.10 Å². The van der Waals surface area contributed by atoms with Crippen molar-refractivity contribution in [2.24, 2.45) is 11.8 Å². The van der Waals surface area contributed by atoms with Gasteiger partial charge in [0.1, 0.15) is 0 Å². The van der Waals surface area contributed by atoms with E-state index in [0.717, 1.165) is 11.8 Å². The molecule has 3 heteroatoms. The summed E-state index contributed by atoms with van der Waals surface area (Å²) in [5.74, 6) is 1.74. The Labute approximate surface area is 73.8 Å². The lowest BCUT2D eigenvalue weighted by atomic mass is 9.58. The molecule has 4 aliphatic rings. The second-order valence-corrected chi connectivity index (χ2v) is 4.86. The highest BCUT2D eigenvalue weighted by molar-refractivity contribution is 6.43. The van der Waals surface area contributed by atoms with Crippen LogP contribution in [0.1, 0.15) is 26.2 Å². The van der Waals surface area contributed by atoms with Crippen LogP contribution in [0.15, 0.2) is 0 Å². The molecule has 3 aliphatic carbocycles. The minimum atomic E-state index is 0.0272. The van der Waals surface area contributed by atoms with Crippen LogP contribution in [0.2, 0.25) is 6.82 Å². The first-order valence-corrected chi connectivity index (χ1v) is 5.01. The van der Waals surface area contributed by atoms with Gasteiger partial charge in [0.25, 0.3) is 0 Å². The van der Waals surface area contributed by atoms with Gasteiger partial charge in [-0.05, 0) is 44.8 Å². The fourth-order valence-electron chi connectivity index (χ4n) is 3.37. The van der Waals surface area contributed by atoms with Gasteiger partial charge in [-0.3, -0.25) is 0 Å². The van der Waals surface area contributed by atoms with Crippen LogP contribution < -0.4 is 0 Å². The van der Waals surface area contributed by atoms with E-state index in [4.69, 9.17) is 9.31 Å². The summed E-state index contributed by atoms with van der Waals surface area (Å²) in [6.45, 7) is 4.24. The predicted octanol–water partition coefficient (Wildman–Crippen LogP) is 1.71. The Balaban J connectivity index is 1.89. The smallest absolute Gasteiger partial charge is 0.405 e. The molecule has 2 bridgehead atoms. The molecule has 1 saturated heterocycles. The van der Waals surface area contributed by atoms with E-state index < -0.39 is 0 Å². The quantitative estimate of drug-likeness (QED) is 0.510. The van der Waals surface area contributed by atoms with Gasteiger partial charge in [-0.15, -0.1) is 0 Å². The molecule has 0 aromatic heterocycles. The van der Waals surface area contributed by atoms with Crippen molar-refractivity contribution in [3.05, 3.63) is 0 Å². The van der Waals surface area contributed by atoms with Gasteiger partial charge in [0.05, 0.1) is 11.7 Å². The number of rotatable bonds is 0. The molecular weight excluding hydrogens is 151 g/mol. The summed E-state index contributed by atoms with van der Waals surface area (Å²) in [4.78, 5) is 0. The van der Waals surface area contributed by atoms with Crippen molar-refractivity contribution in [1.29, 1.82) is 0 Å². The Morgan fingerprint density at radius 3 is 2.83 bits per heavy atom. The van der Waals surface area contributed by atoms with Gasteiger partial charge in [-0.1, -0.05) is 0 Å². The van der Waals surface area contributed by atoms with Gasteiger partial charge in [-0.2, -0.15) is 0 Å². The second kappa shape index (κ2) is 2.07. The third kappa shape index (κ3) is 0.788. The van der Waals surface area contributed by atoms with Crippen LogP contribution in [0.3, 0.4) is 0 Å². The molecule has 0 N–H and O–H groups in total. The minimum absolute atomic E-state index is 0.0272. The van der Waals surface area contributed by atoms with Gasteiger partial charge in [0.2, 0.25) is 0 Å². The van der Waals surface area contributed by atoms with E-state index in [9.17, 15) is 0 Å². The maximum Gasteiger partial charge on any atom is 0.454 e. The van der Waals surface area contributed by atoms with Gasteiger partial charge in [0.15, 0.2) is 0 Å². The molecule has 12 heavy (non-hydrogen) atoms. The van der Waals surface area contributed by atoms with Crippen molar-refractivity contribution in [2.75, 3.05) is 0 Å². The molecule has 2 atom stereocenters. The van der Waals surface area contributed by atoms with Crippen LogP contribution in [0.4, 0.5) is 0 Å². The topological polar surface area (TPSA) is 18.5 Å². The zero-order valence-electron chi connectivity index (χ0n) is 7.75. The number of hydrogen-bond acceptors (Lipinski definition) is 2. The van der Waals surface area contributed by atoms with E-state index in [2.05, 4.69) is 6.92 Å². The maximum absolute atomic E-state index is 5.83. The van der Waals surface area contributed by atoms with E-state index in [-0.39, 0.29) is 12.7 Å². The largest absolute Gasteiger partial charge is 0.454 e. The summed E-state index contributed by atoms with van der Waals surface area (Å²) in [6.07, 6.45) is 4.39. The molecule has 66 valence electrons. The van der Waals surface area contributed by atoms with Crippen LogP contribution in [-0.4, -0.2) is 18.8 Å². The summed E-state index contributed by atoms with van der Waals surface area (Å²) in [7, 11) is 0.0272. The molecule has 2 nitrogen and oxygen atoms in total. The molecular formula is C9H15BO2. The zero-order chi connectivity index (χ0) is 8.34. The first-order valence-electron chi connectivity index (χ1n) is 5.01. The molecule has 3 saturated carbocycles. The average Bonchev–Trinajstić information content (AvgIpc) is 2.19. The summed E-state index contributed by atoms with van der Waals surface area (Å²) in [6, 6.07) is 0. The number of hydrogen-bond donors (Lipinski definition) is 0. The highest BCUT2D eigenvalue weighted by Crippen LogP contribution is 2.54. The predicted molar refractivity (Wildman–Crippen MR) is 46.8 cm³/mol. The Hall–Kier alpha value is -0.0151. The molecule has 0 aromatic rings. The summed E-state index contributed by atoms with van der Waals surface area (Å²) >= 11 is 0. The molecule has 0 unspecified atom stereocenters. The van der Waals surface area contributed by atoms with Crippen LogP contribution in [0.5, 0.6) is 0 Å². The van der Waals surface area contributed by atoms with Crippen LogP contribution in [-0.2, 0) is 9.31 Å². The minimum Gasteiger partial charge on any atom is -0.405 e. The van der Waals surface area contributed by atoms with Crippen LogP contribution in [0.25, 0.3) is 0 Å². The van der Waals surface area contributed by atoms with Gasteiger partial charge >= 0.3 is 7.12 Å². The van der Waals surface area contributed by atoms with Crippen molar-refractivity contribution in [1.82, 2.24) is 0 Å². The molecule has 4 rings (SSSR count). The van der Waals surface area contributed by atoms with Crippen molar-refractivity contribution in [3.8, 4) is 0 Å². The third-order valence-electron chi connectivity index (χ3n) is 3.77. The average molecular weight is 166 g/mol. The lowest BCUT2D eigenvalue weighted by molar-refractivity contribution is -0.100.